The number of ether oxygens (including phenoxy) is 1. The molecule has 114 valence electrons. The number of sulfone groups is 1. The average Bonchev–Trinajstić information content (AvgIpc) is 2.67. The number of carboxylic acids is 1. The first-order valence-electron chi connectivity index (χ1n) is 5.99. The lowest BCUT2D eigenvalue weighted by Crippen LogP contribution is -2.19. The minimum Gasteiger partial charge on any atom is -0.478 e. The maximum Gasteiger partial charge on any atom is 0.337 e. The summed E-state index contributed by atoms with van der Waals surface area (Å²) >= 11 is 6.11. The van der Waals surface area contributed by atoms with Crippen LogP contribution in [0.4, 0.5) is 0 Å². The number of benzene rings is 1. The Morgan fingerprint density at radius 2 is 2.00 bits per heavy atom. The molecule has 1 aromatic carbocycles. The van der Waals surface area contributed by atoms with Gasteiger partial charge in [-0.05, 0) is 26.0 Å². The fourth-order valence-electron chi connectivity index (χ4n) is 2.03. The Balaban J connectivity index is 2.67. The van der Waals surface area contributed by atoms with Crippen LogP contribution in [0.25, 0.3) is 0 Å². The highest BCUT2D eigenvalue weighted by atomic mass is 35.5. The Bertz CT molecular complexity index is 740. The Labute approximate surface area is 127 Å². The highest BCUT2D eigenvalue weighted by Crippen LogP contribution is 2.37. The van der Waals surface area contributed by atoms with Crippen LogP contribution in [0.2, 0.25) is 5.02 Å². The van der Waals surface area contributed by atoms with Gasteiger partial charge in [0.25, 0.3) is 0 Å². The van der Waals surface area contributed by atoms with Crippen molar-refractivity contribution in [2.75, 3.05) is 6.26 Å². The molecule has 1 atom stereocenters. The summed E-state index contributed by atoms with van der Waals surface area (Å²) in [6.45, 7) is 3.49. The van der Waals surface area contributed by atoms with Crippen LogP contribution >= 0.6 is 11.6 Å². The van der Waals surface area contributed by atoms with Gasteiger partial charge in [-0.2, -0.15) is 0 Å². The van der Waals surface area contributed by atoms with Crippen molar-refractivity contribution in [2.24, 2.45) is 0 Å². The molecule has 1 aliphatic rings. The van der Waals surface area contributed by atoms with E-state index in [1.54, 1.807) is 13.8 Å². The molecule has 8 heteroatoms. The van der Waals surface area contributed by atoms with Gasteiger partial charge in [0.15, 0.2) is 16.1 Å². The third kappa shape index (κ3) is 2.84. The van der Waals surface area contributed by atoms with Crippen LogP contribution in [0.5, 0.6) is 0 Å². The second-order valence-corrected chi connectivity index (χ2v) is 7.10. The summed E-state index contributed by atoms with van der Waals surface area (Å²) in [6, 6.07) is 2.40. The van der Waals surface area contributed by atoms with Crippen LogP contribution < -0.4 is 5.32 Å². The third-order valence-electron chi connectivity index (χ3n) is 3.20. The number of carboxylic acid groups (broad SMARTS) is 1. The number of hydrogen-bond acceptors (Lipinski definition) is 5. The number of nitrogens with one attached hydrogen (secondary N) is 1. The topological polar surface area (TPSA) is 92.7 Å². The normalized spacial score (nSPS) is 18.4. The van der Waals surface area contributed by atoms with Gasteiger partial charge >= 0.3 is 5.97 Å². The van der Waals surface area contributed by atoms with E-state index >= 15 is 0 Å². The Kier molecular flexibility index (Phi) is 3.90. The smallest absolute Gasteiger partial charge is 0.337 e. The molecule has 0 saturated carbocycles. The zero-order valence-electron chi connectivity index (χ0n) is 11.6. The van der Waals surface area contributed by atoms with Gasteiger partial charge in [-0.1, -0.05) is 11.6 Å². The lowest BCUT2D eigenvalue weighted by Gasteiger charge is -2.19. The molecular weight excluding hydrogens is 318 g/mol. The quantitative estimate of drug-likeness (QED) is 0.883. The molecule has 0 aliphatic carbocycles. The van der Waals surface area contributed by atoms with E-state index in [0.29, 0.717) is 5.76 Å². The Hall–Kier alpha value is -1.73. The van der Waals surface area contributed by atoms with Crippen molar-refractivity contribution in [3.63, 3.8) is 0 Å². The first-order chi connectivity index (χ1) is 9.62. The highest BCUT2D eigenvalue weighted by Gasteiger charge is 2.31. The zero-order valence-corrected chi connectivity index (χ0v) is 13.2. The van der Waals surface area contributed by atoms with Gasteiger partial charge < -0.3 is 15.2 Å². The Morgan fingerprint density at radius 1 is 1.38 bits per heavy atom. The summed E-state index contributed by atoms with van der Waals surface area (Å²) in [6.07, 6.45) is 0.201. The summed E-state index contributed by atoms with van der Waals surface area (Å²) in [5.74, 6) is -0.642. The van der Waals surface area contributed by atoms with Gasteiger partial charge in [0.05, 0.1) is 21.0 Å². The zero-order chi connectivity index (χ0) is 15.9. The molecule has 1 aliphatic heterocycles. The maximum atomic E-state index is 11.9. The SMILES string of the molecule is CC1=C(C)OC(c2c(S(C)(=O)=O)ccc(C(=O)O)c2Cl)N1. The number of allylic oxidation sites excluding steroid dienone is 2. The molecule has 2 rings (SSSR count). The molecule has 1 heterocycles. The molecule has 1 aromatic rings. The fourth-order valence-corrected chi connectivity index (χ4v) is 3.36. The number of hydrogen-bond donors (Lipinski definition) is 2. The summed E-state index contributed by atoms with van der Waals surface area (Å²) in [5, 5.41) is 11.9. The van der Waals surface area contributed by atoms with E-state index in [1.165, 1.54) is 12.1 Å². The maximum absolute atomic E-state index is 11.9. The van der Waals surface area contributed by atoms with Crippen LogP contribution in [0.3, 0.4) is 0 Å². The molecule has 6 nitrogen and oxygen atoms in total. The van der Waals surface area contributed by atoms with Crippen molar-refractivity contribution < 1.29 is 23.1 Å². The van der Waals surface area contributed by atoms with Crippen LogP contribution in [-0.2, 0) is 14.6 Å². The number of rotatable bonds is 3. The van der Waals surface area contributed by atoms with Crippen LogP contribution in [0.1, 0.15) is 36.0 Å². The van der Waals surface area contributed by atoms with Crippen LogP contribution in [0.15, 0.2) is 28.5 Å². The van der Waals surface area contributed by atoms with Gasteiger partial charge in [0.2, 0.25) is 0 Å². The highest BCUT2D eigenvalue weighted by molar-refractivity contribution is 7.90. The largest absolute Gasteiger partial charge is 0.478 e. The summed E-state index contributed by atoms with van der Waals surface area (Å²) < 4.78 is 29.3. The van der Waals surface area contributed by atoms with Gasteiger partial charge in [-0.15, -0.1) is 0 Å². The molecule has 0 saturated heterocycles. The summed E-state index contributed by atoms with van der Waals surface area (Å²) in [5.41, 5.74) is 0.665. The van der Waals surface area contributed by atoms with Gasteiger partial charge in [-0.3, -0.25) is 0 Å². The van der Waals surface area contributed by atoms with Crippen LogP contribution in [-0.4, -0.2) is 25.7 Å². The van der Waals surface area contributed by atoms with E-state index in [2.05, 4.69) is 5.32 Å². The fraction of sp³-hybridized carbons (Fsp3) is 0.308. The van der Waals surface area contributed by atoms with Gasteiger partial charge in [-0.25, -0.2) is 13.2 Å². The molecular formula is C13H14ClNO5S. The molecule has 0 radical (unpaired) electrons. The number of carbonyl (C=O) groups is 1. The van der Waals surface area contributed by atoms with Crippen molar-refractivity contribution in [1.82, 2.24) is 5.32 Å². The monoisotopic (exact) mass is 331 g/mol. The lowest BCUT2D eigenvalue weighted by atomic mass is 10.1. The van der Waals surface area contributed by atoms with Gasteiger partial charge in [0.1, 0.15) is 5.76 Å². The minimum atomic E-state index is -3.59. The van der Waals surface area contributed by atoms with Crippen molar-refractivity contribution in [2.45, 2.75) is 25.0 Å². The first kappa shape index (κ1) is 15.7. The minimum absolute atomic E-state index is 0.0579. The Morgan fingerprint density at radius 3 is 2.43 bits per heavy atom. The van der Waals surface area contributed by atoms with Crippen molar-refractivity contribution >= 4 is 27.4 Å². The molecule has 0 amide bonds. The predicted molar refractivity (Wildman–Crippen MR) is 76.9 cm³/mol. The molecule has 0 spiro atoms. The van der Waals surface area contributed by atoms with E-state index in [-0.39, 0.29) is 21.0 Å². The van der Waals surface area contributed by atoms with E-state index in [1.807, 2.05) is 0 Å². The number of halogens is 1. The first-order valence-corrected chi connectivity index (χ1v) is 8.26. The van der Waals surface area contributed by atoms with Crippen molar-refractivity contribution in [3.05, 3.63) is 39.7 Å². The predicted octanol–water partition coefficient (Wildman–Crippen LogP) is 2.31. The van der Waals surface area contributed by atoms with Crippen molar-refractivity contribution in [3.8, 4) is 0 Å². The standard InChI is InChI=1S/C13H14ClNO5S/c1-6-7(2)20-12(15-6)10-9(21(3,18)19)5-4-8(11(10)14)13(16)17/h4-5,12,15H,1-3H3,(H,16,17). The average molecular weight is 332 g/mol. The van der Waals surface area contributed by atoms with E-state index in [4.69, 9.17) is 21.4 Å². The van der Waals surface area contributed by atoms with E-state index in [0.717, 1.165) is 12.0 Å². The second-order valence-electron chi connectivity index (χ2n) is 4.74. The second kappa shape index (κ2) is 5.23. The van der Waals surface area contributed by atoms with E-state index < -0.39 is 22.0 Å². The van der Waals surface area contributed by atoms with Crippen LogP contribution in [0, 0.1) is 0 Å². The molecule has 0 bridgehead atoms. The van der Waals surface area contributed by atoms with Gasteiger partial charge in [0, 0.05) is 12.0 Å². The molecule has 0 aromatic heterocycles. The molecule has 0 fully saturated rings. The number of aromatic carboxylic acids is 1. The van der Waals surface area contributed by atoms with Crippen molar-refractivity contribution in [1.29, 1.82) is 0 Å². The summed E-state index contributed by atoms with van der Waals surface area (Å²) in [4.78, 5) is 11.1. The molecule has 21 heavy (non-hydrogen) atoms. The molecule has 1 unspecified atom stereocenters. The molecule has 2 N–H and O–H groups in total. The van der Waals surface area contributed by atoms with E-state index in [9.17, 15) is 13.2 Å². The third-order valence-corrected chi connectivity index (χ3v) is 4.76. The summed E-state index contributed by atoms with van der Waals surface area (Å²) in [7, 11) is -3.59. The lowest BCUT2D eigenvalue weighted by molar-refractivity contribution is 0.0696.